The average Bonchev–Trinajstić information content (AvgIpc) is 2.90. The molecule has 1 aliphatic rings. The largest absolute Gasteiger partial charge is 0.377 e. The molecule has 1 aliphatic heterocycles. The van der Waals surface area contributed by atoms with Crippen LogP contribution in [-0.2, 0) is 14.3 Å². The van der Waals surface area contributed by atoms with Crippen LogP contribution in [-0.4, -0.2) is 36.0 Å². The van der Waals surface area contributed by atoms with Crippen LogP contribution in [0.25, 0.3) is 5.57 Å². The highest BCUT2D eigenvalue weighted by molar-refractivity contribution is 6.37. The van der Waals surface area contributed by atoms with Crippen LogP contribution < -0.4 is 5.32 Å². The van der Waals surface area contributed by atoms with Gasteiger partial charge in [-0.15, -0.1) is 0 Å². The Morgan fingerprint density at radius 1 is 1.03 bits per heavy atom. The molecule has 1 N–H and O–H groups in total. The number of nitrogens with one attached hydrogen (secondary N) is 1. The van der Waals surface area contributed by atoms with Crippen LogP contribution in [0.2, 0.25) is 5.02 Å². The van der Waals surface area contributed by atoms with Gasteiger partial charge in [-0.1, -0.05) is 35.9 Å². The molecule has 0 unspecified atom stereocenters. The van der Waals surface area contributed by atoms with Crippen LogP contribution in [0.3, 0.4) is 0 Å². The van der Waals surface area contributed by atoms with E-state index in [1.165, 1.54) is 4.90 Å². The fraction of sp³-hybridized carbons (Fsp3) is 0.304. The van der Waals surface area contributed by atoms with Crippen molar-refractivity contribution < 1.29 is 14.3 Å². The van der Waals surface area contributed by atoms with E-state index in [0.717, 1.165) is 16.8 Å². The van der Waals surface area contributed by atoms with Crippen molar-refractivity contribution in [1.29, 1.82) is 0 Å². The van der Waals surface area contributed by atoms with Crippen molar-refractivity contribution in [3.8, 4) is 0 Å². The van der Waals surface area contributed by atoms with Gasteiger partial charge in [-0.25, -0.2) is 0 Å². The number of amides is 2. The van der Waals surface area contributed by atoms with Gasteiger partial charge in [0.05, 0.1) is 24.8 Å². The van der Waals surface area contributed by atoms with Crippen LogP contribution in [0.4, 0.5) is 5.69 Å². The quantitative estimate of drug-likeness (QED) is 0.676. The van der Waals surface area contributed by atoms with E-state index >= 15 is 0 Å². The molecule has 6 heteroatoms. The van der Waals surface area contributed by atoms with Crippen molar-refractivity contribution in [1.82, 2.24) is 4.90 Å². The predicted octanol–water partition coefficient (Wildman–Crippen LogP) is 4.57. The molecule has 3 rings (SSSR count). The molecule has 0 aliphatic carbocycles. The molecule has 29 heavy (non-hydrogen) atoms. The lowest BCUT2D eigenvalue weighted by atomic mass is 10.0. The lowest BCUT2D eigenvalue weighted by molar-refractivity contribution is -0.137. The Kier molecular flexibility index (Phi) is 6.40. The lowest BCUT2D eigenvalue weighted by Crippen LogP contribution is -2.35. The van der Waals surface area contributed by atoms with Crippen LogP contribution >= 0.6 is 11.6 Å². The smallest absolute Gasteiger partial charge is 0.278 e. The van der Waals surface area contributed by atoms with Gasteiger partial charge in [0, 0.05) is 10.7 Å². The van der Waals surface area contributed by atoms with E-state index in [2.05, 4.69) is 5.32 Å². The molecule has 2 amide bonds. The van der Waals surface area contributed by atoms with Crippen LogP contribution in [0.5, 0.6) is 0 Å². The topological polar surface area (TPSA) is 58.6 Å². The third kappa shape index (κ3) is 4.52. The molecular weight excluding hydrogens is 388 g/mol. The Bertz CT molecular complexity index is 965. The number of imide groups is 1. The SMILES string of the molecule is Cc1cccc(NC2=C(c3ccc(Cl)cc3)C(=O)N(CCOC(C)C)C2=O)c1C. The van der Waals surface area contributed by atoms with E-state index in [-0.39, 0.29) is 30.2 Å². The number of carbonyl (C=O) groups is 2. The molecule has 0 atom stereocenters. The van der Waals surface area contributed by atoms with E-state index in [9.17, 15) is 9.59 Å². The summed E-state index contributed by atoms with van der Waals surface area (Å²) in [7, 11) is 0. The highest BCUT2D eigenvalue weighted by atomic mass is 35.5. The fourth-order valence-corrected chi connectivity index (χ4v) is 3.31. The summed E-state index contributed by atoms with van der Waals surface area (Å²) in [5.74, 6) is -0.689. The standard InChI is InChI=1S/C23H25ClN2O3/c1-14(2)29-13-12-26-22(27)20(17-8-10-18(24)11-9-17)21(23(26)28)25-19-7-5-6-15(3)16(19)4/h5-11,14,25H,12-13H2,1-4H3. The average molecular weight is 413 g/mol. The second kappa shape index (κ2) is 8.80. The summed E-state index contributed by atoms with van der Waals surface area (Å²) in [4.78, 5) is 27.5. The van der Waals surface area contributed by atoms with Crippen LogP contribution in [0.15, 0.2) is 48.2 Å². The first kappa shape index (κ1) is 21.1. The predicted molar refractivity (Wildman–Crippen MR) is 116 cm³/mol. The Balaban J connectivity index is 1.99. The summed E-state index contributed by atoms with van der Waals surface area (Å²) in [6.07, 6.45) is 0.0269. The van der Waals surface area contributed by atoms with Gasteiger partial charge in [0.1, 0.15) is 5.70 Å². The zero-order valence-corrected chi connectivity index (χ0v) is 17.8. The molecule has 0 spiro atoms. The van der Waals surface area contributed by atoms with Gasteiger partial charge in [0.2, 0.25) is 0 Å². The van der Waals surface area contributed by atoms with E-state index in [1.807, 2.05) is 45.9 Å². The summed E-state index contributed by atoms with van der Waals surface area (Å²) < 4.78 is 5.54. The maximum absolute atomic E-state index is 13.1. The number of hydrogen-bond acceptors (Lipinski definition) is 4. The summed E-state index contributed by atoms with van der Waals surface area (Å²) >= 11 is 6.00. The first-order valence-electron chi connectivity index (χ1n) is 9.61. The second-order valence-electron chi connectivity index (χ2n) is 7.31. The van der Waals surface area contributed by atoms with Gasteiger partial charge in [-0.3, -0.25) is 14.5 Å². The normalized spacial score (nSPS) is 14.3. The number of nitrogens with zero attached hydrogens (tertiary/aromatic N) is 1. The summed E-state index contributed by atoms with van der Waals surface area (Å²) in [5, 5.41) is 3.78. The fourth-order valence-electron chi connectivity index (χ4n) is 3.18. The van der Waals surface area contributed by atoms with Crippen molar-refractivity contribution in [3.63, 3.8) is 0 Å². The summed E-state index contributed by atoms with van der Waals surface area (Å²) in [6.45, 7) is 8.31. The highest BCUT2D eigenvalue weighted by Crippen LogP contribution is 2.32. The molecule has 0 radical (unpaired) electrons. The number of anilines is 1. The molecule has 5 nitrogen and oxygen atoms in total. The Morgan fingerprint density at radius 3 is 2.38 bits per heavy atom. The van der Waals surface area contributed by atoms with Crippen molar-refractivity contribution in [3.05, 3.63) is 69.9 Å². The van der Waals surface area contributed by atoms with Crippen molar-refractivity contribution in [2.75, 3.05) is 18.5 Å². The van der Waals surface area contributed by atoms with Crippen molar-refractivity contribution in [2.24, 2.45) is 0 Å². The van der Waals surface area contributed by atoms with Gasteiger partial charge >= 0.3 is 0 Å². The number of hydrogen-bond donors (Lipinski definition) is 1. The molecule has 0 fully saturated rings. The first-order valence-corrected chi connectivity index (χ1v) is 9.98. The Morgan fingerprint density at radius 2 is 1.72 bits per heavy atom. The van der Waals surface area contributed by atoms with Gasteiger partial charge in [0.15, 0.2) is 0 Å². The highest BCUT2D eigenvalue weighted by Gasteiger charge is 2.39. The van der Waals surface area contributed by atoms with E-state index in [4.69, 9.17) is 16.3 Å². The van der Waals surface area contributed by atoms with Crippen LogP contribution in [0.1, 0.15) is 30.5 Å². The zero-order chi connectivity index (χ0) is 21.1. The number of ether oxygens (including phenoxy) is 1. The van der Waals surface area contributed by atoms with E-state index in [0.29, 0.717) is 22.8 Å². The molecule has 0 saturated carbocycles. The maximum Gasteiger partial charge on any atom is 0.278 e. The Labute approximate surface area is 176 Å². The number of rotatable bonds is 7. The third-order valence-electron chi connectivity index (χ3n) is 4.93. The Hall–Kier alpha value is -2.63. The number of carbonyl (C=O) groups excluding carboxylic acids is 2. The van der Waals surface area contributed by atoms with Gasteiger partial charge in [-0.05, 0) is 62.6 Å². The number of aryl methyl sites for hydroxylation is 1. The van der Waals surface area contributed by atoms with Gasteiger partial charge in [-0.2, -0.15) is 0 Å². The van der Waals surface area contributed by atoms with Crippen molar-refractivity contribution >= 4 is 34.7 Å². The van der Waals surface area contributed by atoms with Crippen LogP contribution in [0, 0.1) is 13.8 Å². The maximum atomic E-state index is 13.1. The molecule has 152 valence electrons. The lowest BCUT2D eigenvalue weighted by Gasteiger charge is -2.17. The summed E-state index contributed by atoms with van der Waals surface area (Å²) in [5.41, 5.74) is 4.19. The molecule has 0 bridgehead atoms. The van der Waals surface area contributed by atoms with E-state index < -0.39 is 0 Å². The molecule has 2 aromatic rings. The molecule has 0 saturated heterocycles. The molecule has 0 aromatic heterocycles. The summed E-state index contributed by atoms with van der Waals surface area (Å²) in [6, 6.07) is 12.7. The number of benzene rings is 2. The second-order valence-corrected chi connectivity index (χ2v) is 7.75. The van der Waals surface area contributed by atoms with Gasteiger partial charge in [0.25, 0.3) is 11.8 Å². The minimum absolute atomic E-state index is 0.0269. The zero-order valence-electron chi connectivity index (χ0n) is 17.1. The number of halogens is 1. The molecular formula is C23H25ClN2O3. The minimum atomic E-state index is -0.354. The van der Waals surface area contributed by atoms with E-state index in [1.54, 1.807) is 24.3 Å². The minimum Gasteiger partial charge on any atom is -0.377 e. The first-order chi connectivity index (χ1) is 13.8. The molecule has 2 aromatic carbocycles. The van der Waals surface area contributed by atoms with Crippen molar-refractivity contribution in [2.45, 2.75) is 33.8 Å². The third-order valence-corrected chi connectivity index (χ3v) is 5.18. The monoisotopic (exact) mass is 412 g/mol. The van der Waals surface area contributed by atoms with Gasteiger partial charge < -0.3 is 10.1 Å². The molecule has 1 heterocycles.